The van der Waals surface area contributed by atoms with E-state index >= 15 is 0 Å². The normalized spacial score (nSPS) is 17.1. The molecule has 0 radical (unpaired) electrons. The number of thiocarbonyl (C=S) groups is 1. The van der Waals surface area contributed by atoms with E-state index in [1.54, 1.807) is 35.4 Å². The lowest BCUT2D eigenvalue weighted by molar-refractivity contribution is -0.123. The minimum Gasteiger partial charge on any atom is -0.387 e. The molecule has 33 heavy (non-hydrogen) atoms. The van der Waals surface area contributed by atoms with Gasteiger partial charge in [0.05, 0.1) is 16.6 Å². The maximum absolute atomic E-state index is 13.3. The Bertz CT molecular complexity index is 1290. The topological polar surface area (TPSA) is 86.9 Å². The third-order valence-electron chi connectivity index (χ3n) is 5.55. The highest BCUT2D eigenvalue weighted by atomic mass is 32.2. The first-order valence-corrected chi connectivity index (χ1v) is 11.9. The van der Waals surface area contributed by atoms with Gasteiger partial charge in [0.25, 0.3) is 11.5 Å². The van der Waals surface area contributed by atoms with Gasteiger partial charge in [0, 0.05) is 18.8 Å². The van der Waals surface area contributed by atoms with Gasteiger partial charge in [0.15, 0.2) is 0 Å². The zero-order valence-electron chi connectivity index (χ0n) is 18.3. The Kier molecular flexibility index (Phi) is 6.92. The Morgan fingerprint density at radius 3 is 2.64 bits per heavy atom. The smallest absolute Gasteiger partial charge is 0.267 e. The summed E-state index contributed by atoms with van der Waals surface area (Å²) in [5, 5.41) is 13.7. The molecule has 0 spiro atoms. The van der Waals surface area contributed by atoms with Crippen LogP contribution in [0.15, 0.2) is 64.4 Å². The first-order chi connectivity index (χ1) is 15.9. The number of pyridine rings is 1. The number of nitrogens with one attached hydrogen (secondary N) is 1. The van der Waals surface area contributed by atoms with Gasteiger partial charge in [0.2, 0.25) is 0 Å². The number of fused-ring (bicyclic) bond motifs is 1. The van der Waals surface area contributed by atoms with Crippen LogP contribution < -0.4 is 10.9 Å². The second-order valence-electron chi connectivity index (χ2n) is 7.72. The first kappa shape index (κ1) is 23.2. The number of aliphatic hydroxyl groups is 1. The SMILES string of the molecule is CCC(C)N1C(=O)C(=Cc2c(NCC(O)c3ccccc3)nc3ccccn3c2=O)SC1=S. The van der Waals surface area contributed by atoms with Crippen LogP contribution in [0.2, 0.25) is 0 Å². The number of aliphatic hydroxyl groups excluding tert-OH is 1. The zero-order chi connectivity index (χ0) is 23.5. The van der Waals surface area contributed by atoms with E-state index in [-0.39, 0.29) is 29.6 Å². The Morgan fingerprint density at radius 1 is 1.18 bits per heavy atom. The number of rotatable bonds is 7. The largest absolute Gasteiger partial charge is 0.387 e. The number of benzene rings is 1. The Labute approximate surface area is 201 Å². The van der Waals surface area contributed by atoms with Gasteiger partial charge >= 0.3 is 0 Å². The molecular formula is C24H24N4O3S2. The van der Waals surface area contributed by atoms with Crippen molar-refractivity contribution in [1.82, 2.24) is 14.3 Å². The van der Waals surface area contributed by atoms with E-state index in [2.05, 4.69) is 10.3 Å². The molecule has 1 saturated heterocycles. The highest BCUT2D eigenvalue weighted by molar-refractivity contribution is 8.26. The highest BCUT2D eigenvalue weighted by Gasteiger charge is 2.35. The molecule has 170 valence electrons. The number of amides is 1. The Hall–Kier alpha value is -3.01. The number of nitrogens with zero attached hydrogens (tertiary/aromatic N) is 3. The molecule has 0 saturated carbocycles. The maximum atomic E-state index is 13.3. The highest BCUT2D eigenvalue weighted by Crippen LogP contribution is 2.34. The molecule has 2 N–H and O–H groups in total. The minimum absolute atomic E-state index is 0.0298. The van der Waals surface area contributed by atoms with Gasteiger partial charge in [-0.3, -0.25) is 18.9 Å². The molecule has 7 nitrogen and oxygen atoms in total. The number of hydrogen-bond donors (Lipinski definition) is 2. The van der Waals surface area contributed by atoms with Crippen molar-refractivity contribution in [3.05, 3.63) is 81.1 Å². The molecule has 3 aromatic rings. The van der Waals surface area contributed by atoms with Gasteiger partial charge in [-0.2, -0.15) is 0 Å². The fourth-order valence-corrected chi connectivity index (χ4v) is 4.97. The molecule has 0 aliphatic carbocycles. The summed E-state index contributed by atoms with van der Waals surface area (Å²) in [6.07, 6.45) is 3.16. The fourth-order valence-electron chi connectivity index (χ4n) is 3.53. The average Bonchev–Trinajstić information content (AvgIpc) is 3.12. The number of thioether (sulfide) groups is 1. The lowest BCUT2D eigenvalue weighted by atomic mass is 10.1. The molecule has 1 fully saturated rings. The third-order valence-corrected chi connectivity index (χ3v) is 6.88. The molecule has 1 amide bonds. The molecule has 2 atom stereocenters. The third kappa shape index (κ3) is 4.71. The molecule has 1 aromatic carbocycles. The number of carbonyl (C=O) groups is 1. The average molecular weight is 481 g/mol. The van der Waals surface area contributed by atoms with E-state index in [1.807, 2.05) is 44.2 Å². The van der Waals surface area contributed by atoms with Gasteiger partial charge in [-0.25, -0.2) is 4.98 Å². The summed E-state index contributed by atoms with van der Waals surface area (Å²) < 4.78 is 1.91. The van der Waals surface area contributed by atoms with Gasteiger partial charge in [-0.1, -0.05) is 67.3 Å². The zero-order valence-corrected chi connectivity index (χ0v) is 19.9. The molecule has 4 rings (SSSR count). The molecule has 1 aliphatic rings. The lowest BCUT2D eigenvalue weighted by Crippen LogP contribution is -2.36. The van der Waals surface area contributed by atoms with Gasteiger partial charge in [-0.05, 0) is 37.1 Å². The van der Waals surface area contributed by atoms with Crippen molar-refractivity contribution < 1.29 is 9.90 Å². The maximum Gasteiger partial charge on any atom is 0.267 e. The molecule has 9 heteroatoms. The summed E-state index contributed by atoms with van der Waals surface area (Å²) in [6, 6.07) is 14.5. The predicted octanol–water partition coefficient (Wildman–Crippen LogP) is 3.84. The van der Waals surface area contributed by atoms with Crippen LogP contribution in [0, 0.1) is 0 Å². The van der Waals surface area contributed by atoms with E-state index in [0.717, 1.165) is 12.0 Å². The summed E-state index contributed by atoms with van der Waals surface area (Å²) in [4.78, 5) is 32.9. The first-order valence-electron chi connectivity index (χ1n) is 10.7. The van der Waals surface area contributed by atoms with Crippen molar-refractivity contribution >= 4 is 51.7 Å². The van der Waals surface area contributed by atoms with Crippen molar-refractivity contribution in [3.63, 3.8) is 0 Å². The predicted molar refractivity (Wildman–Crippen MR) is 136 cm³/mol. The number of hydrogen-bond acceptors (Lipinski definition) is 7. The molecule has 0 bridgehead atoms. The lowest BCUT2D eigenvalue weighted by Gasteiger charge is -2.21. The van der Waals surface area contributed by atoms with Crippen LogP contribution in [0.5, 0.6) is 0 Å². The van der Waals surface area contributed by atoms with Gasteiger partial charge < -0.3 is 10.4 Å². The van der Waals surface area contributed by atoms with Crippen molar-refractivity contribution in [2.45, 2.75) is 32.4 Å². The van der Waals surface area contributed by atoms with Crippen LogP contribution >= 0.6 is 24.0 Å². The fraction of sp³-hybridized carbons (Fsp3) is 0.250. The number of anilines is 1. The second kappa shape index (κ2) is 9.86. The van der Waals surface area contributed by atoms with Crippen LogP contribution in [0.4, 0.5) is 5.82 Å². The van der Waals surface area contributed by atoms with E-state index in [9.17, 15) is 14.7 Å². The molecule has 2 unspecified atom stereocenters. The van der Waals surface area contributed by atoms with Crippen molar-refractivity contribution in [3.8, 4) is 0 Å². The number of carbonyl (C=O) groups excluding carboxylic acids is 1. The summed E-state index contributed by atoms with van der Waals surface area (Å²) >= 11 is 6.60. The van der Waals surface area contributed by atoms with Crippen LogP contribution in [0.1, 0.15) is 37.5 Å². The van der Waals surface area contributed by atoms with Crippen LogP contribution in [0.25, 0.3) is 11.7 Å². The van der Waals surface area contributed by atoms with Gasteiger partial charge in [0.1, 0.15) is 15.8 Å². The van der Waals surface area contributed by atoms with E-state index in [4.69, 9.17) is 12.2 Å². The van der Waals surface area contributed by atoms with Crippen LogP contribution in [-0.4, -0.2) is 42.2 Å². The van der Waals surface area contributed by atoms with Crippen molar-refractivity contribution in [1.29, 1.82) is 0 Å². The second-order valence-corrected chi connectivity index (χ2v) is 9.40. The molecular weight excluding hydrogens is 456 g/mol. The monoisotopic (exact) mass is 480 g/mol. The summed E-state index contributed by atoms with van der Waals surface area (Å²) in [6.45, 7) is 4.08. The van der Waals surface area contributed by atoms with Crippen LogP contribution in [0.3, 0.4) is 0 Å². The van der Waals surface area contributed by atoms with Gasteiger partial charge in [-0.15, -0.1) is 0 Å². The Morgan fingerprint density at radius 2 is 1.91 bits per heavy atom. The van der Waals surface area contributed by atoms with Crippen molar-refractivity contribution in [2.24, 2.45) is 0 Å². The quantitative estimate of drug-likeness (QED) is 0.392. The molecule has 1 aliphatic heterocycles. The molecule has 3 heterocycles. The molecule has 2 aromatic heterocycles. The summed E-state index contributed by atoms with van der Waals surface area (Å²) in [7, 11) is 0. The Balaban J connectivity index is 1.73. The standard InChI is InChI=1S/C24H24N4O3S2/c1-3-15(2)28-23(31)19(33-24(28)32)13-17-21(25-14-18(29)16-9-5-4-6-10-16)26-20-11-7-8-12-27(20)22(17)30/h4-13,15,18,25,29H,3,14H2,1-2H3. The van der Waals surface area contributed by atoms with E-state index in [0.29, 0.717) is 20.7 Å². The summed E-state index contributed by atoms with van der Waals surface area (Å²) in [5.41, 5.74) is 1.14. The van der Waals surface area contributed by atoms with E-state index < -0.39 is 6.10 Å². The van der Waals surface area contributed by atoms with Crippen molar-refractivity contribution in [2.75, 3.05) is 11.9 Å². The number of aromatic nitrogens is 2. The van der Waals surface area contributed by atoms with Crippen LogP contribution in [-0.2, 0) is 4.79 Å². The minimum atomic E-state index is -0.793. The van der Waals surface area contributed by atoms with E-state index in [1.165, 1.54) is 16.2 Å². The summed E-state index contributed by atoms with van der Waals surface area (Å²) in [5.74, 6) is 0.0853.